The number of hydrogen-bond donors (Lipinski definition) is 0. The second-order valence-electron chi connectivity index (χ2n) is 14.3. The average Bonchev–Trinajstić information content (AvgIpc) is 2.87. The Bertz CT molecular complexity index is 1150. The Morgan fingerprint density at radius 1 is 0.766 bits per heavy atom. The van der Waals surface area contributed by atoms with Crippen LogP contribution in [0.3, 0.4) is 0 Å². The number of aromatic nitrogens is 1. The fourth-order valence-corrected chi connectivity index (χ4v) is 3.60. The van der Waals surface area contributed by atoms with E-state index in [1.807, 2.05) is 53.8 Å². The maximum atomic E-state index is 13.1. The van der Waals surface area contributed by atoms with Gasteiger partial charge in [-0.15, -0.1) is 0 Å². The highest BCUT2D eigenvalue weighted by molar-refractivity contribution is 5.91. The first-order valence-corrected chi connectivity index (χ1v) is 16.0. The molecule has 0 aliphatic rings. The van der Waals surface area contributed by atoms with Gasteiger partial charge in [0.25, 0.3) is 0 Å². The summed E-state index contributed by atoms with van der Waals surface area (Å²) in [6, 6.07) is 3.60. The van der Waals surface area contributed by atoms with Gasteiger partial charge in [0.1, 0.15) is 16.8 Å². The largest absolute Gasteiger partial charge is 0.516 e. The number of aliphatic imine (C=N–C) groups is 1. The van der Waals surface area contributed by atoms with Crippen molar-refractivity contribution >= 4 is 42.0 Å². The van der Waals surface area contributed by atoms with Crippen LogP contribution in [0.1, 0.15) is 101 Å². The minimum absolute atomic E-state index is 0.334. The number of pyridine rings is 1. The summed E-state index contributed by atoms with van der Waals surface area (Å²) in [5.74, 6) is -0.198. The van der Waals surface area contributed by atoms with Crippen molar-refractivity contribution in [3.05, 3.63) is 18.3 Å². The highest BCUT2D eigenvalue weighted by atomic mass is 16.7. The number of unbranched alkanes of at least 4 members (excludes halogenated alkanes) is 3. The van der Waals surface area contributed by atoms with Gasteiger partial charge in [0.15, 0.2) is 5.82 Å². The van der Waals surface area contributed by atoms with Gasteiger partial charge < -0.3 is 28.7 Å². The van der Waals surface area contributed by atoms with E-state index in [4.69, 9.17) is 9.47 Å². The molecule has 0 saturated heterocycles. The van der Waals surface area contributed by atoms with E-state index in [1.165, 1.54) is 4.90 Å². The molecule has 0 saturated carbocycles. The predicted molar refractivity (Wildman–Crippen MR) is 184 cm³/mol. The molecule has 0 atom stereocenters. The van der Waals surface area contributed by atoms with Crippen LogP contribution < -0.4 is 4.90 Å². The molecule has 13 heteroatoms. The lowest BCUT2D eigenvalue weighted by Crippen LogP contribution is -2.39. The Morgan fingerprint density at radius 3 is 1.87 bits per heavy atom. The van der Waals surface area contributed by atoms with E-state index in [-0.39, 0.29) is 0 Å². The molecule has 0 aromatic carbocycles. The van der Waals surface area contributed by atoms with Crippen LogP contribution in [0.5, 0.6) is 0 Å². The number of hydrogen-bond acceptors (Lipinski definition) is 11. The molecule has 0 unspecified atom stereocenters. The Balaban J connectivity index is 0.00000163. The van der Waals surface area contributed by atoms with Gasteiger partial charge in [-0.05, 0) is 121 Å². The summed E-state index contributed by atoms with van der Waals surface area (Å²) in [5, 5.41) is 0. The molecule has 13 nitrogen and oxygen atoms in total. The minimum atomic E-state index is -0.954. The smallest absolute Gasteiger partial charge is 0.444 e. The highest BCUT2D eigenvalue weighted by Gasteiger charge is 2.26. The molecule has 1 rings (SSSR count). The normalized spacial score (nSPS) is 11.8. The molecule has 0 bridgehead atoms. The molecule has 268 valence electrons. The fourth-order valence-electron chi connectivity index (χ4n) is 3.60. The number of esters is 1. The van der Waals surface area contributed by atoms with Crippen LogP contribution in [0.25, 0.3) is 0 Å². The Morgan fingerprint density at radius 2 is 1.34 bits per heavy atom. The van der Waals surface area contributed by atoms with Gasteiger partial charge in [0, 0.05) is 39.5 Å². The minimum Gasteiger partial charge on any atom is -0.444 e. The van der Waals surface area contributed by atoms with Crippen LogP contribution in [0.15, 0.2) is 23.3 Å². The molecular formula is C34H59N5O8. The molecule has 47 heavy (non-hydrogen) atoms. The summed E-state index contributed by atoms with van der Waals surface area (Å²) < 4.78 is 19.9. The number of carbonyl (C=O) groups is 4. The van der Waals surface area contributed by atoms with Crippen molar-refractivity contribution in [2.75, 3.05) is 45.7 Å². The highest BCUT2D eigenvalue weighted by Crippen LogP contribution is 2.28. The SMILES string of the molecule is CC(=O)OC(=O)OC(C)(C)C.CN(C)CCCCCC=Nc1ncccc1N(CCCN(C)C(=O)OC(C)(C)C)C(=O)OC(C)(C)C. The van der Waals surface area contributed by atoms with E-state index in [2.05, 4.69) is 38.4 Å². The van der Waals surface area contributed by atoms with E-state index in [0.29, 0.717) is 31.0 Å². The maximum absolute atomic E-state index is 13.1. The van der Waals surface area contributed by atoms with Gasteiger partial charge >= 0.3 is 24.3 Å². The van der Waals surface area contributed by atoms with Gasteiger partial charge in [-0.2, -0.15) is 0 Å². The first-order chi connectivity index (χ1) is 21.5. The van der Waals surface area contributed by atoms with Crippen molar-refractivity contribution in [1.82, 2.24) is 14.8 Å². The van der Waals surface area contributed by atoms with Crippen molar-refractivity contribution in [1.29, 1.82) is 0 Å². The predicted octanol–water partition coefficient (Wildman–Crippen LogP) is 7.39. The average molecular weight is 666 g/mol. The van der Waals surface area contributed by atoms with Crippen LogP contribution in [0, 0.1) is 0 Å². The Hall–Kier alpha value is -3.74. The molecule has 1 heterocycles. The van der Waals surface area contributed by atoms with Crippen molar-refractivity contribution in [3.63, 3.8) is 0 Å². The third kappa shape index (κ3) is 23.3. The molecular weight excluding hydrogens is 606 g/mol. The lowest BCUT2D eigenvalue weighted by molar-refractivity contribution is -0.138. The molecule has 0 aliphatic heterocycles. The lowest BCUT2D eigenvalue weighted by Gasteiger charge is -2.29. The van der Waals surface area contributed by atoms with Gasteiger partial charge in [-0.3, -0.25) is 9.69 Å². The van der Waals surface area contributed by atoms with Gasteiger partial charge in [0.05, 0.1) is 5.69 Å². The maximum Gasteiger partial charge on any atom is 0.516 e. The van der Waals surface area contributed by atoms with E-state index < -0.39 is 41.1 Å². The molecule has 1 aromatic heterocycles. The number of rotatable bonds is 12. The van der Waals surface area contributed by atoms with Crippen LogP contribution in [-0.2, 0) is 23.7 Å². The third-order valence-corrected chi connectivity index (χ3v) is 5.52. The quantitative estimate of drug-likeness (QED) is 0.0730. The van der Waals surface area contributed by atoms with Gasteiger partial charge in [0.2, 0.25) is 0 Å². The summed E-state index contributed by atoms with van der Waals surface area (Å²) in [6.45, 7) is 19.0. The van der Waals surface area contributed by atoms with Crippen molar-refractivity contribution in [2.24, 2.45) is 4.99 Å². The van der Waals surface area contributed by atoms with Crippen molar-refractivity contribution in [2.45, 2.75) is 118 Å². The van der Waals surface area contributed by atoms with Crippen molar-refractivity contribution in [3.8, 4) is 0 Å². The summed E-state index contributed by atoms with van der Waals surface area (Å²) >= 11 is 0. The first-order valence-electron chi connectivity index (χ1n) is 16.0. The molecule has 0 N–H and O–H groups in total. The molecule has 0 fully saturated rings. The van der Waals surface area contributed by atoms with Crippen LogP contribution in [0.4, 0.5) is 25.9 Å². The molecule has 0 aliphatic carbocycles. The second kappa shape index (κ2) is 20.5. The number of nitrogens with zero attached hydrogens (tertiary/aromatic N) is 5. The standard InChI is InChI=1S/C27H47N5O4.C7H12O4/c1-26(2,3)35-24(33)31(9)20-15-21-32(25(34)36-27(4,5)6)22-16-14-18-29-23(22)28-17-12-10-11-13-19-30(7)8;1-5(8)10-6(9)11-7(2,3)4/h14,16-18H,10-13,15,19-21H2,1-9H3;1-4H3. The summed E-state index contributed by atoms with van der Waals surface area (Å²) in [4.78, 5) is 60.5. The first kappa shape index (κ1) is 43.3. The van der Waals surface area contributed by atoms with Crippen molar-refractivity contribution < 1.29 is 38.1 Å². The van der Waals surface area contributed by atoms with E-state index >= 15 is 0 Å². The molecule has 2 amide bonds. The van der Waals surface area contributed by atoms with E-state index in [0.717, 1.165) is 39.2 Å². The second-order valence-corrected chi connectivity index (χ2v) is 14.3. The monoisotopic (exact) mass is 665 g/mol. The Labute approximate surface area is 282 Å². The van der Waals surface area contributed by atoms with E-state index in [1.54, 1.807) is 45.0 Å². The van der Waals surface area contributed by atoms with Gasteiger partial charge in [-0.1, -0.05) is 6.42 Å². The lowest BCUT2D eigenvalue weighted by atomic mass is 10.2. The zero-order chi connectivity index (χ0) is 36.4. The summed E-state index contributed by atoms with van der Waals surface area (Å²) in [7, 11) is 5.84. The van der Waals surface area contributed by atoms with Crippen LogP contribution in [-0.4, -0.2) is 103 Å². The van der Waals surface area contributed by atoms with Gasteiger partial charge in [-0.25, -0.2) is 24.4 Å². The summed E-state index contributed by atoms with van der Waals surface area (Å²) in [5.41, 5.74) is -1.26. The molecule has 0 spiro atoms. The zero-order valence-electron chi connectivity index (χ0n) is 31.0. The third-order valence-electron chi connectivity index (χ3n) is 5.52. The van der Waals surface area contributed by atoms with Crippen LogP contribution >= 0.6 is 0 Å². The van der Waals surface area contributed by atoms with Crippen LogP contribution in [0.2, 0.25) is 0 Å². The van der Waals surface area contributed by atoms with E-state index in [9.17, 15) is 19.2 Å². The summed E-state index contributed by atoms with van der Waals surface area (Å²) in [6.07, 6.45) is 6.40. The molecule has 1 aromatic rings. The fraction of sp³-hybridized carbons (Fsp3) is 0.706. The zero-order valence-corrected chi connectivity index (χ0v) is 31.0. The molecule has 0 radical (unpaired) electrons. The topological polar surface area (TPSA) is 140 Å². The number of carbonyl (C=O) groups excluding carboxylic acids is 4. The number of ether oxygens (including phenoxy) is 4. The Kier molecular flexibility index (Phi) is 18.9. The number of anilines is 1. The number of amides is 2.